The number of carbonyl (C=O) groups excluding carboxylic acids is 2. The molecule has 0 aliphatic carbocycles. The second kappa shape index (κ2) is 8.76. The molecular formula is C16H28N2O4. The fourth-order valence-corrected chi connectivity index (χ4v) is 2.82. The molecule has 0 aromatic carbocycles. The third kappa shape index (κ3) is 5.31. The van der Waals surface area contributed by atoms with Gasteiger partial charge >= 0.3 is 5.97 Å². The van der Waals surface area contributed by atoms with Crippen molar-refractivity contribution in [2.75, 3.05) is 6.54 Å². The maximum absolute atomic E-state index is 12.4. The Morgan fingerprint density at radius 3 is 2.50 bits per heavy atom. The summed E-state index contributed by atoms with van der Waals surface area (Å²) in [6, 6.07) is -1.42. The van der Waals surface area contributed by atoms with Crippen molar-refractivity contribution in [3.8, 4) is 0 Å². The normalized spacial score (nSPS) is 19.8. The van der Waals surface area contributed by atoms with Gasteiger partial charge < -0.3 is 15.3 Å². The molecule has 0 bridgehead atoms. The lowest BCUT2D eigenvalue weighted by Crippen LogP contribution is -2.55. The van der Waals surface area contributed by atoms with Crippen LogP contribution in [0, 0.1) is 5.92 Å². The van der Waals surface area contributed by atoms with Gasteiger partial charge in [0.1, 0.15) is 12.1 Å². The quantitative estimate of drug-likeness (QED) is 0.750. The summed E-state index contributed by atoms with van der Waals surface area (Å²) >= 11 is 0. The van der Waals surface area contributed by atoms with Crippen LogP contribution in [0.3, 0.4) is 0 Å². The Hall–Kier alpha value is -1.59. The van der Waals surface area contributed by atoms with Crippen LogP contribution in [0.5, 0.6) is 0 Å². The van der Waals surface area contributed by atoms with Crippen LogP contribution in [-0.2, 0) is 14.4 Å². The Bertz CT molecular complexity index is 409. The molecule has 0 aromatic rings. The number of carboxylic acids is 1. The van der Waals surface area contributed by atoms with Gasteiger partial charge in [-0.25, -0.2) is 4.79 Å². The zero-order valence-corrected chi connectivity index (χ0v) is 13.8. The summed E-state index contributed by atoms with van der Waals surface area (Å²) in [5.41, 5.74) is 0. The molecule has 1 saturated heterocycles. The van der Waals surface area contributed by atoms with Crippen LogP contribution >= 0.6 is 0 Å². The number of amides is 2. The Labute approximate surface area is 132 Å². The lowest BCUT2D eigenvalue weighted by atomic mass is 9.99. The lowest BCUT2D eigenvalue weighted by Gasteiger charge is -2.35. The van der Waals surface area contributed by atoms with E-state index in [0.29, 0.717) is 25.8 Å². The summed E-state index contributed by atoms with van der Waals surface area (Å²) < 4.78 is 0. The maximum Gasteiger partial charge on any atom is 0.326 e. The van der Waals surface area contributed by atoms with Crippen molar-refractivity contribution in [1.82, 2.24) is 10.2 Å². The van der Waals surface area contributed by atoms with Crippen molar-refractivity contribution in [1.29, 1.82) is 0 Å². The third-order valence-corrected chi connectivity index (χ3v) is 3.91. The van der Waals surface area contributed by atoms with E-state index < -0.39 is 18.1 Å². The van der Waals surface area contributed by atoms with Gasteiger partial charge in [0.15, 0.2) is 0 Å². The average molecular weight is 312 g/mol. The van der Waals surface area contributed by atoms with E-state index in [1.807, 2.05) is 20.8 Å². The molecule has 1 rings (SSSR count). The van der Waals surface area contributed by atoms with Crippen LogP contribution in [0.2, 0.25) is 0 Å². The maximum atomic E-state index is 12.4. The highest BCUT2D eigenvalue weighted by atomic mass is 16.4. The molecule has 6 heteroatoms. The number of piperidine rings is 1. The first-order valence-electron chi connectivity index (χ1n) is 8.19. The second-order valence-electron chi connectivity index (χ2n) is 6.38. The predicted octanol–water partition coefficient (Wildman–Crippen LogP) is 1.78. The van der Waals surface area contributed by atoms with E-state index in [1.165, 1.54) is 0 Å². The Kier molecular flexibility index (Phi) is 7.35. The van der Waals surface area contributed by atoms with Crippen molar-refractivity contribution in [3.05, 3.63) is 0 Å². The summed E-state index contributed by atoms with van der Waals surface area (Å²) in [5.74, 6) is -1.20. The molecule has 0 saturated carbocycles. The predicted molar refractivity (Wildman–Crippen MR) is 83.3 cm³/mol. The molecule has 1 heterocycles. The number of carbonyl (C=O) groups is 3. The van der Waals surface area contributed by atoms with Crippen molar-refractivity contribution in [2.24, 2.45) is 5.92 Å². The summed E-state index contributed by atoms with van der Waals surface area (Å²) in [6.45, 7) is 6.35. The molecule has 0 aromatic heterocycles. The molecule has 1 aliphatic rings. The van der Waals surface area contributed by atoms with Gasteiger partial charge in [0, 0.05) is 13.0 Å². The number of hydrogen-bond donors (Lipinski definition) is 2. The van der Waals surface area contributed by atoms with Crippen molar-refractivity contribution in [2.45, 2.75) is 71.4 Å². The molecule has 2 atom stereocenters. The number of hydrogen-bond acceptors (Lipinski definition) is 3. The largest absolute Gasteiger partial charge is 0.480 e. The van der Waals surface area contributed by atoms with Gasteiger partial charge in [-0.1, -0.05) is 20.8 Å². The Morgan fingerprint density at radius 2 is 1.95 bits per heavy atom. The second-order valence-corrected chi connectivity index (χ2v) is 6.38. The summed E-state index contributed by atoms with van der Waals surface area (Å²) in [6.07, 6.45) is 3.95. The van der Waals surface area contributed by atoms with Gasteiger partial charge in [-0.2, -0.15) is 0 Å². The van der Waals surface area contributed by atoms with Crippen LogP contribution < -0.4 is 5.32 Å². The number of nitrogens with zero attached hydrogens (tertiary/aromatic N) is 1. The molecule has 0 radical (unpaired) electrons. The Balaban J connectivity index is 2.74. The van der Waals surface area contributed by atoms with Crippen molar-refractivity contribution >= 4 is 17.8 Å². The minimum absolute atomic E-state index is 0.0157. The minimum Gasteiger partial charge on any atom is -0.480 e. The van der Waals surface area contributed by atoms with E-state index in [9.17, 15) is 19.5 Å². The zero-order valence-electron chi connectivity index (χ0n) is 13.8. The molecule has 2 N–H and O–H groups in total. The van der Waals surface area contributed by atoms with Crippen molar-refractivity contribution in [3.63, 3.8) is 0 Å². The fourth-order valence-electron chi connectivity index (χ4n) is 2.82. The van der Waals surface area contributed by atoms with Gasteiger partial charge in [0.25, 0.3) is 0 Å². The third-order valence-electron chi connectivity index (χ3n) is 3.91. The molecule has 22 heavy (non-hydrogen) atoms. The van der Waals surface area contributed by atoms with E-state index in [-0.39, 0.29) is 17.7 Å². The topological polar surface area (TPSA) is 86.7 Å². The Morgan fingerprint density at radius 1 is 1.27 bits per heavy atom. The minimum atomic E-state index is -1.02. The summed E-state index contributed by atoms with van der Waals surface area (Å²) in [7, 11) is 0. The SMILES string of the molecule is CCCC(=O)N1CCCCC1C(=O)N[C@H](CC(C)C)C(=O)O. The van der Waals surface area contributed by atoms with Gasteiger partial charge in [-0.15, -0.1) is 0 Å². The molecule has 1 unspecified atom stereocenters. The highest BCUT2D eigenvalue weighted by Gasteiger charge is 2.33. The smallest absolute Gasteiger partial charge is 0.326 e. The van der Waals surface area contributed by atoms with E-state index in [1.54, 1.807) is 4.90 Å². The van der Waals surface area contributed by atoms with E-state index in [0.717, 1.165) is 19.3 Å². The van der Waals surface area contributed by atoms with Crippen LogP contribution in [0.25, 0.3) is 0 Å². The first kappa shape index (κ1) is 18.5. The van der Waals surface area contributed by atoms with Gasteiger partial charge in [0.05, 0.1) is 0 Å². The average Bonchev–Trinajstić information content (AvgIpc) is 2.46. The zero-order chi connectivity index (χ0) is 16.7. The molecular weight excluding hydrogens is 284 g/mol. The first-order chi connectivity index (χ1) is 10.4. The molecule has 0 spiro atoms. The number of rotatable bonds is 7. The number of aliphatic carboxylic acids is 1. The summed E-state index contributed by atoms with van der Waals surface area (Å²) in [4.78, 5) is 37.5. The standard InChI is InChI=1S/C16H28N2O4/c1-4-7-14(19)18-9-6-5-8-13(18)15(20)17-12(16(21)22)10-11(2)3/h11-13H,4-10H2,1-3H3,(H,17,20)(H,21,22)/t12-,13?/m1/s1. The van der Waals surface area contributed by atoms with E-state index >= 15 is 0 Å². The highest BCUT2D eigenvalue weighted by Crippen LogP contribution is 2.19. The molecule has 6 nitrogen and oxygen atoms in total. The molecule has 2 amide bonds. The lowest BCUT2D eigenvalue weighted by molar-refractivity contribution is -0.146. The van der Waals surface area contributed by atoms with E-state index in [4.69, 9.17) is 0 Å². The van der Waals surface area contributed by atoms with Crippen molar-refractivity contribution < 1.29 is 19.5 Å². The van der Waals surface area contributed by atoms with Crippen LogP contribution in [0.1, 0.15) is 59.3 Å². The fraction of sp³-hybridized carbons (Fsp3) is 0.812. The van der Waals surface area contributed by atoms with Gasteiger partial charge in [0.2, 0.25) is 11.8 Å². The number of nitrogens with one attached hydrogen (secondary N) is 1. The molecule has 1 fully saturated rings. The number of carboxylic acid groups (broad SMARTS) is 1. The van der Waals surface area contributed by atoms with E-state index in [2.05, 4.69) is 5.32 Å². The molecule has 1 aliphatic heterocycles. The van der Waals surface area contributed by atoms with Crippen LogP contribution in [0.4, 0.5) is 0 Å². The number of likely N-dealkylation sites (tertiary alicyclic amines) is 1. The van der Waals surface area contributed by atoms with Gasteiger partial charge in [-0.05, 0) is 38.0 Å². The van der Waals surface area contributed by atoms with Gasteiger partial charge in [-0.3, -0.25) is 9.59 Å². The van der Waals surface area contributed by atoms with Crippen LogP contribution in [0.15, 0.2) is 0 Å². The molecule has 126 valence electrons. The monoisotopic (exact) mass is 312 g/mol. The first-order valence-corrected chi connectivity index (χ1v) is 8.19. The van der Waals surface area contributed by atoms with Crippen LogP contribution in [-0.4, -0.2) is 46.4 Å². The summed E-state index contributed by atoms with van der Waals surface area (Å²) in [5, 5.41) is 11.8. The highest BCUT2D eigenvalue weighted by molar-refractivity contribution is 5.90.